The maximum Gasteiger partial charge on any atom is 0.435 e. The second kappa shape index (κ2) is 10.3. The lowest BCUT2D eigenvalue weighted by molar-refractivity contribution is -0.142. The van der Waals surface area contributed by atoms with Gasteiger partial charge in [-0.1, -0.05) is 0 Å². The van der Waals surface area contributed by atoms with Crippen LogP contribution in [0.1, 0.15) is 22.6 Å². The zero-order valence-electron chi connectivity index (χ0n) is 18.7. The number of aryl methyl sites for hydroxylation is 2. The molecule has 194 valence electrons. The summed E-state index contributed by atoms with van der Waals surface area (Å²) in [6.07, 6.45) is -8.36. The van der Waals surface area contributed by atoms with E-state index in [1.165, 1.54) is 20.0 Å². The van der Waals surface area contributed by atoms with Gasteiger partial charge in [0.05, 0.1) is 30.1 Å². The van der Waals surface area contributed by atoms with Gasteiger partial charge in [-0.2, -0.15) is 36.5 Å². The van der Waals surface area contributed by atoms with Crippen molar-refractivity contribution in [3.05, 3.63) is 47.0 Å². The monoisotopic (exact) mass is 519 g/mol. The van der Waals surface area contributed by atoms with Crippen LogP contribution in [0.2, 0.25) is 0 Å². The van der Waals surface area contributed by atoms with Gasteiger partial charge in [0.1, 0.15) is 6.61 Å². The van der Waals surface area contributed by atoms with E-state index in [0.29, 0.717) is 11.6 Å². The van der Waals surface area contributed by atoms with E-state index in [9.17, 15) is 31.1 Å². The van der Waals surface area contributed by atoms with E-state index in [1.807, 2.05) is 0 Å². The maximum absolute atomic E-state index is 13.3. The number of carbonyl (C=O) groups is 1. The van der Waals surface area contributed by atoms with Crippen LogP contribution in [-0.4, -0.2) is 49.3 Å². The molecule has 0 aliphatic carbocycles. The summed E-state index contributed by atoms with van der Waals surface area (Å²) in [7, 11) is 1.33. The highest BCUT2D eigenvalue weighted by molar-refractivity contribution is 5.89. The van der Waals surface area contributed by atoms with Gasteiger partial charge in [-0.15, -0.1) is 5.10 Å². The zero-order chi connectivity index (χ0) is 26.7. The molecule has 0 saturated carbocycles. The van der Waals surface area contributed by atoms with Gasteiger partial charge in [-0.3, -0.25) is 4.68 Å². The van der Waals surface area contributed by atoms with E-state index in [-0.39, 0.29) is 35.8 Å². The second-order valence-corrected chi connectivity index (χ2v) is 7.39. The number of anilines is 1. The van der Waals surface area contributed by atoms with Crippen molar-refractivity contribution < 1.29 is 41.0 Å². The van der Waals surface area contributed by atoms with Gasteiger partial charge in [0, 0.05) is 25.0 Å². The number of pyridine rings is 1. The number of carbonyl (C=O) groups excluding carboxylic acids is 1. The molecule has 0 aromatic carbocycles. The molecule has 0 aliphatic rings. The molecule has 0 aliphatic heterocycles. The highest BCUT2D eigenvalue weighted by atomic mass is 19.4. The fourth-order valence-electron chi connectivity index (χ4n) is 3.06. The van der Waals surface area contributed by atoms with Gasteiger partial charge >= 0.3 is 18.4 Å². The van der Waals surface area contributed by atoms with E-state index >= 15 is 0 Å². The number of halogens is 6. The average Bonchev–Trinajstić information content (AvgIpc) is 3.17. The van der Waals surface area contributed by atoms with E-state index in [1.54, 1.807) is 0 Å². The van der Waals surface area contributed by atoms with E-state index < -0.39 is 42.3 Å². The Morgan fingerprint density at radius 1 is 1.11 bits per heavy atom. The molecule has 0 atom stereocenters. The van der Waals surface area contributed by atoms with Crippen LogP contribution in [0.15, 0.2) is 24.4 Å². The zero-order valence-corrected chi connectivity index (χ0v) is 18.7. The minimum Gasteiger partial charge on any atom is -0.475 e. The maximum atomic E-state index is 13.3. The number of hydrogen-bond acceptors (Lipinski definition) is 7. The van der Waals surface area contributed by atoms with Crippen LogP contribution in [0.25, 0.3) is 11.3 Å². The van der Waals surface area contributed by atoms with Gasteiger partial charge in [0.15, 0.2) is 11.4 Å². The SMILES string of the molecule is Cc1cc(CNC(=O)Nc2cc(OCCO)nc(C(F)(F)F)c2)nnc1-c1cn(C)nc1C(F)(F)F. The lowest BCUT2D eigenvalue weighted by Crippen LogP contribution is -2.29. The molecule has 0 unspecified atom stereocenters. The number of amides is 2. The molecule has 0 radical (unpaired) electrons. The molecule has 0 fully saturated rings. The van der Waals surface area contributed by atoms with E-state index in [4.69, 9.17) is 9.84 Å². The Balaban J connectivity index is 1.71. The molecular weight excluding hydrogens is 500 g/mol. The Morgan fingerprint density at radius 2 is 1.83 bits per heavy atom. The summed E-state index contributed by atoms with van der Waals surface area (Å²) in [4.78, 5) is 15.5. The highest BCUT2D eigenvalue weighted by Gasteiger charge is 2.38. The number of aliphatic hydroxyl groups excluding tert-OH is 1. The molecule has 0 bridgehead atoms. The van der Waals surface area contributed by atoms with Crippen LogP contribution in [-0.2, 0) is 25.9 Å². The molecule has 2 amide bonds. The Morgan fingerprint density at radius 3 is 2.44 bits per heavy atom. The summed E-state index contributed by atoms with van der Waals surface area (Å²) in [5.41, 5.74) is -2.52. The summed E-state index contributed by atoms with van der Waals surface area (Å²) in [5.74, 6) is -0.458. The first-order valence-electron chi connectivity index (χ1n) is 10.1. The van der Waals surface area contributed by atoms with Crippen molar-refractivity contribution in [3.8, 4) is 17.1 Å². The normalized spacial score (nSPS) is 11.9. The molecular formula is C20H19F6N7O3. The third kappa shape index (κ3) is 6.59. The van der Waals surface area contributed by atoms with Gasteiger partial charge in [0.25, 0.3) is 0 Å². The first-order chi connectivity index (χ1) is 16.8. The second-order valence-electron chi connectivity index (χ2n) is 7.39. The first kappa shape index (κ1) is 26.7. The highest BCUT2D eigenvalue weighted by Crippen LogP contribution is 2.36. The van der Waals surface area contributed by atoms with Gasteiger partial charge in [-0.05, 0) is 24.6 Å². The van der Waals surface area contributed by atoms with E-state index in [2.05, 4.69) is 30.9 Å². The molecule has 0 saturated heterocycles. The van der Waals surface area contributed by atoms with Crippen LogP contribution >= 0.6 is 0 Å². The van der Waals surface area contributed by atoms with Crippen molar-refractivity contribution in [1.82, 2.24) is 30.3 Å². The van der Waals surface area contributed by atoms with Gasteiger partial charge in [0.2, 0.25) is 5.88 Å². The Labute approximate surface area is 199 Å². The number of ether oxygens (including phenoxy) is 1. The molecule has 3 aromatic heterocycles. The van der Waals surface area contributed by atoms with Crippen molar-refractivity contribution in [3.63, 3.8) is 0 Å². The lowest BCUT2D eigenvalue weighted by atomic mass is 10.1. The molecule has 3 rings (SSSR count). The number of hydrogen-bond donors (Lipinski definition) is 3. The first-order valence-corrected chi connectivity index (χ1v) is 10.1. The van der Waals surface area contributed by atoms with Crippen molar-refractivity contribution >= 4 is 11.7 Å². The minimum atomic E-state index is -4.82. The molecule has 0 spiro atoms. The fourth-order valence-corrected chi connectivity index (χ4v) is 3.06. The predicted molar refractivity (Wildman–Crippen MR) is 112 cm³/mol. The summed E-state index contributed by atoms with van der Waals surface area (Å²) in [5, 5.41) is 24.4. The quantitative estimate of drug-likeness (QED) is 0.409. The fraction of sp³-hybridized carbons (Fsp3) is 0.350. The number of aromatic nitrogens is 5. The summed E-state index contributed by atoms with van der Waals surface area (Å²) < 4.78 is 84.9. The number of rotatable bonds is 7. The largest absolute Gasteiger partial charge is 0.475 e. The number of alkyl halides is 6. The molecule has 3 N–H and O–H groups in total. The smallest absolute Gasteiger partial charge is 0.435 e. The number of nitrogens with zero attached hydrogens (tertiary/aromatic N) is 5. The third-order valence-electron chi connectivity index (χ3n) is 4.51. The van der Waals surface area contributed by atoms with Crippen molar-refractivity contribution in [2.75, 3.05) is 18.5 Å². The topological polar surface area (TPSA) is 127 Å². The number of aliphatic hydroxyl groups is 1. The molecule has 16 heteroatoms. The third-order valence-corrected chi connectivity index (χ3v) is 4.51. The van der Waals surface area contributed by atoms with Crippen LogP contribution in [0.3, 0.4) is 0 Å². The lowest BCUT2D eigenvalue weighted by Gasteiger charge is -2.13. The summed E-state index contributed by atoms with van der Waals surface area (Å²) >= 11 is 0. The van der Waals surface area contributed by atoms with Crippen molar-refractivity contribution in [2.45, 2.75) is 25.8 Å². The van der Waals surface area contributed by atoms with E-state index in [0.717, 1.165) is 16.9 Å². The van der Waals surface area contributed by atoms with Crippen molar-refractivity contribution in [2.24, 2.45) is 7.05 Å². The number of urea groups is 1. The van der Waals surface area contributed by atoms with Crippen LogP contribution in [0.5, 0.6) is 5.88 Å². The minimum absolute atomic E-state index is 0.0458. The van der Waals surface area contributed by atoms with Crippen LogP contribution < -0.4 is 15.4 Å². The Bertz CT molecular complexity index is 1240. The molecule has 3 heterocycles. The van der Waals surface area contributed by atoms with Crippen LogP contribution in [0, 0.1) is 6.92 Å². The molecule has 10 nitrogen and oxygen atoms in total. The summed E-state index contributed by atoms with van der Waals surface area (Å²) in [6.45, 7) is 0.505. The van der Waals surface area contributed by atoms with Crippen LogP contribution in [0.4, 0.5) is 36.8 Å². The summed E-state index contributed by atoms with van der Waals surface area (Å²) in [6, 6.07) is 2.13. The molecule has 3 aromatic rings. The predicted octanol–water partition coefficient (Wildman–Crippen LogP) is 3.31. The van der Waals surface area contributed by atoms with Gasteiger partial charge < -0.3 is 20.5 Å². The van der Waals surface area contributed by atoms with Crippen molar-refractivity contribution in [1.29, 1.82) is 0 Å². The Kier molecular flexibility index (Phi) is 7.66. The molecule has 36 heavy (non-hydrogen) atoms. The van der Waals surface area contributed by atoms with Gasteiger partial charge in [-0.25, -0.2) is 9.78 Å². The Hall–Kier alpha value is -3.95. The number of nitrogens with one attached hydrogen (secondary N) is 2. The standard InChI is InChI=1S/C20H19F6N7O3/c1-10-5-12(30-31-16(10)13-9-33(2)32-17(13)20(24,25)26)8-27-18(35)28-11-6-14(19(21,22)23)29-15(7-11)36-4-3-34/h5-7,9,34H,3-4,8H2,1-2H3,(H2,27,28,29,35). The average molecular weight is 519 g/mol.